The number of likely N-dealkylation sites (tertiary alicyclic amines) is 1. The van der Waals surface area contributed by atoms with Crippen LogP contribution in [0.1, 0.15) is 36.6 Å². The molecule has 5 rings (SSSR count). The first-order chi connectivity index (χ1) is 16.9. The van der Waals surface area contributed by atoms with Gasteiger partial charge in [-0.05, 0) is 43.2 Å². The van der Waals surface area contributed by atoms with Crippen LogP contribution in [-0.2, 0) is 11.8 Å². The Hall–Kier alpha value is -4.12. The summed E-state index contributed by atoms with van der Waals surface area (Å²) in [5, 5.41) is 31.1. The maximum absolute atomic E-state index is 12.2. The molecule has 0 radical (unpaired) electrons. The van der Waals surface area contributed by atoms with E-state index in [9.17, 15) is 15.1 Å². The lowest BCUT2D eigenvalue weighted by Crippen LogP contribution is -2.36. The molecule has 0 spiro atoms. The molecule has 0 aromatic carbocycles. The molecule has 11 heteroatoms. The monoisotopic (exact) mass is 474 g/mol. The van der Waals surface area contributed by atoms with Gasteiger partial charge in [-0.2, -0.15) is 5.10 Å². The van der Waals surface area contributed by atoms with Crippen LogP contribution < -0.4 is 5.32 Å². The number of anilines is 2. The van der Waals surface area contributed by atoms with Gasteiger partial charge in [0.05, 0.1) is 34.7 Å². The average molecular weight is 475 g/mol. The summed E-state index contributed by atoms with van der Waals surface area (Å²) in [5.41, 5.74) is 2.00. The highest BCUT2D eigenvalue weighted by atomic mass is 16.4. The maximum atomic E-state index is 12.2. The van der Waals surface area contributed by atoms with Crippen LogP contribution in [0, 0.1) is 0 Å². The number of nitrogens with one attached hydrogen (secondary N) is 1. The number of carbonyl (C=O) groups is 1. The molecule has 1 saturated heterocycles. The summed E-state index contributed by atoms with van der Waals surface area (Å²) < 4.78 is 1.88. The largest absolute Gasteiger partial charge is 0.410 e. The van der Waals surface area contributed by atoms with Gasteiger partial charge in [0, 0.05) is 39.2 Å². The second-order valence-electron chi connectivity index (χ2n) is 8.86. The van der Waals surface area contributed by atoms with Gasteiger partial charge in [0.2, 0.25) is 5.95 Å². The number of aromatic nitrogens is 5. The molecule has 11 nitrogen and oxygen atoms in total. The van der Waals surface area contributed by atoms with Gasteiger partial charge in [-0.15, -0.1) is 0 Å². The fourth-order valence-corrected chi connectivity index (χ4v) is 4.20. The fourth-order valence-electron chi connectivity index (χ4n) is 4.20. The zero-order valence-corrected chi connectivity index (χ0v) is 19.5. The van der Waals surface area contributed by atoms with Crippen molar-refractivity contribution in [2.75, 3.05) is 18.9 Å². The molecule has 3 aromatic rings. The Morgan fingerprint density at radius 3 is 2.74 bits per heavy atom. The van der Waals surface area contributed by atoms with E-state index in [4.69, 9.17) is 0 Å². The van der Waals surface area contributed by atoms with E-state index in [2.05, 4.69) is 30.5 Å². The van der Waals surface area contributed by atoms with E-state index >= 15 is 0 Å². The van der Waals surface area contributed by atoms with Crippen molar-refractivity contribution >= 4 is 23.3 Å². The summed E-state index contributed by atoms with van der Waals surface area (Å²) in [5.74, 6) is 0.535. The molecule has 2 fully saturated rings. The van der Waals surface area contributed by atoms with Crippen molar-refractivity contribution in [2.24, 2.45) is 12.2 Å². The van der Waals surface area contributed by atoms with Crippen molar-refractivity contribution in [3.63, 3.8) is 0 Å². The van der Waals surface area contributed by atoms with E-state index in [-0.39, 0.29) is 12.1 Å². The van der Waals surface area contributed by atoms with E-state index < -0.39 is 11.5 Å². The summed E-state index contributed by atoms with van der Waals surface area (Å²) in [7, 11) is 3.56. The summed E-state index contributed by atoms with van der Waals surface area (Å²) in [6.07, 6.45) is 8.73. The number of nitrogens with zero attached hydrogens (tertiary/aromatic N) is 7. The summed E-state index contributed by atoms with van der Waals surface area (Å²) in [6, 6.07) is 6.97. The number of aliphatic hydroxyl groups is 1. The van der Waals surface area contributed by atoms with Crippen molar-refractivity contribution in [3.8, 4) is 11.4 Å². The highest BCUT2D eigenvalue weighted by Gasteiger charge is 2.41. The third-order valence-electron chi connectivity index (χ3n) is 6.29. The number of carbonyl (C=O) groups excluding carboxylic acids is 1. The van der Waals surface area contributed by atoms with Crippen molar-refractivity contribution in [3.05, 3.63) is 60.2 Å². The maximum Gasteiger partial charge on any atom is 0.258 e. The highest BCUT2D eigenvalue weighted by Crippen LogP contribution is 2.43. The smallest absolute Gasteiger partial charge is 0.258 e. The molecule has 1 amide bonds. The molecule has 3 aromatic heterocycles. The first-order valence-electron chi connectivity index (χ1n) is 11.4. The molecular weight excluding hydrogens is 448 g/mol. The summed E-state index contributed by atoms with van der Waals surface area (Å²) in [4.78, 5) is 27.2. The predicted molar refractivity (Wildman–Crippen MR) is 128 cm³/mol. The van der Waals surface area contributed by atoms with Crippen LogP contribution in [0.5, 0.6) is 0 Å². The number of hydrogen-bond donors (Lipinski definition) is 3. The van der Waals surface area contributed by atoms with E-state index in [1.54, 1.807) is 43.7 Å². The number of likely N-dealkylation sites (N-methyl/N-ethyl adjacent to an activating group) is 1. The first-order valence-corrected chi connectivity index (χ1v) is 11.4. The minimum atomic E-state index is -1.62. The van der Waals surface area contributed by atoms with Gasteiger partial charge >= 0.3 is 0 Å². The average Bonchev–Trinajstić information content (AvgIpc) is 3.59. The van der Waals surface area contributed by atoms with E-state index in [0.29, 0.717) is 35.5 Å². The molecule has 180 valence electrons. The van der Waals surface area contributed by atoms with Gasteiger partial charge in [-0.1, -0.05) is 11.2 Å². The van der Waals surface area contributed by atoms with Crippen molar-refractivity contribution < 1.29 is 15.1 Å². The molecule has 1 aliphatic carbocycles. The van der Waals surface area contributed by atoms with Gasteiger partial charge in [0.25, 0.3) is 5.91 Å². The third kappa shape index (κ3) is 4.50. The molecule has 3 N–H and O–H groups in total. The Labute approximate surface area is 201 Å². The molecule has 2 aliphatic rings. The highest BCUT2D eigenvalue weighted by molar-refractivity contribution is 6.08. The van der Waals surface area contributed by atoms with Crippen LogP contribution in [0.4, 0.5) is 11.6 Å². The number of aryl methyl sites for hydroxylation is 1. The normalized spacial score (nSPS) is 20.7. The molecular formula is C24H26N8O3. The molecule has 4 heterocycles. The minimum Gasteiger partial charge on any atom is -0.410 e. The Morgan fingerprint density at radius 2 is 2.03 bits per heavy atom. The number of oxime groups is 1. The number of rotatable bonds is 7. The Morgan fingerprint density at radius 1 is 1.23 bits per heavy atom. The quantitative estimate of drug-likeness (QED) is 0.269. The zero-order chi connectivity index (χ0) is 24.6. The van der Waals surface area contributed by atoms with Gasteiger partial charge < -0.3 is 20.5 Å². The van der Waals surface area contributed by atoms with E-state index in [1.165, 1.54) is 17.1 Å². The van der Waals surface area contributed by atoms with Gasteiger partial charge in [0.15, 0.2) is 5.60 Å². The van der Waals surface area contributed by atoms with Crippen molar-refractivity contribution in [2.45, 2.75) is 30.8 Å². The Kier molecular flexibility index (Phi) is 5.77. The van der Waals surface area contributed by atoms with Gasteiger partial charge in [-0.3, -0.25) is 9.48 Å². The summed E-state index contributed by atoms with van der Waals surface area (Å²) in [6.45, 7) is 0.449. The van der Waals surface area contributed by atoms with Gasteiger partial charge in [0.1, 0.15) is 5.71 Å². The van der Waals surface area contributed by atoms with E-state index in [0.717, 1.165) is 24.2 Å². The van der Waals surface area contributed by atoms with Crippen LogP contribution in [0.3, 0.4) is 0 Å². The number of amides is 1. The topological polar surface area (TPSA) is 142 Å². The number of pyridine rings is 1. The first kappa shape index (κ1) is 22.7. The lowest BCUT2D eigenvalue weighted by molar-refractivity contribution is -0.138. The molecule has 0 unspecified atom stereocenters. The van der Waals surface area contributed by atoms with E-state index in [1.807, 2.05) is 11.7 Å². The third-order valence-corrected chi connectivity index (χ3v) is 6.29. The van der Waals surface area contributed by atoms with Crippen LogP contribution in [0.2, 0.25) is 0 Å². The zero-order valence-electron chi connectivity index (χ0n) is 19.5. The molecule has 35 heavy (non-hydrogen) atoms. The second kappa shape index (κ2) is 8.91. The molecule has 0 bridgehead atoms. The van der Waals surface area contributed by atoms with Gasteiger partial charge in [-0.25, -0.2) is 15.0 Å². The summed E-state index contributed by atoms with van der Waals surface area (Å²) >= 11 is 0. The van der Waals surface area contributed by atoms with Crippen LogP contribution >= 0.6 is 0 Å². The predicted octanol–water partition coefficient (Wildman–Crippen LogP) is 2.22. The van der Waals surface area contributed by atoms with Crippen LogP contribution in [0.25, 0.3) is 11.4 Å². The number of hydrogen-bond acceptors (Lipinski definition) is 9. The Bertz CT molecular complexity index is 1330. The Balaban J connectivity index is 1.38. The van der Waals surface area contributed by atoms with Crippen LogP contribution in [-0.4, -0.2) is 70.8 Å². The molecule has 1 atom stereocenters. The molecule has 1 saturated carbocycles. The lowest BCUT2D eigenvalue weighted by atomic mass is 10.0. The lowest BCUT2D eigenvalue weighted by Gasteiger charge is -2.16. The number of allylic oxidation sites excluding steroid dienone is 1. The standard InChI is InChI=1S/C24H26N8O3/c1-31-13-11-24(34,22(31)33)10-8-19(30-35)17-5-3-4-16(27-17)18-9-12-25-23(28-18)29-20-14-26-32(2)21(20)15-6-7-15/h3-5,8-10,12,14-15,34-35H,6-7,11,13H2,1-2H3,(H,25,28,29)/b10-8+,30-19+/t24-/m0/s1. The van der Waals surface area contributed by atoms with Crippen LogP contribution in [0.15, 0.2) is 54.0 Å². The minimum absolute atomic E-state index is 0.111. The SMILES string of the molecule is CN1CC[C@@](O)(/C=C/C(=N\O)c2cccc(-c3ccnc(Nc4cnn(C)c4C4CC4)n3)n2)C1=O. The molecule has 1 aliphatic heterocycles. The van der Waals surface area contributed by atoms with Crippen molar-refractivity contribution in [1.29, 1.82) is 0 Å². The fraction of sp³-hybridized carbons (Fsp3) is 0.333. The second-order valence-corrected chi connectivity index (χ2v) is 8.86. The van der Waals surface area contributed by atoms with Crippen molar-refractivity contribution in [1.82, 2.24) is 29.6 Å².